The third-order valence-electron chi connectivity index (χ3n) is 4.79. The number of hydrogen-bond donors (Lipinski definition) is 2. The Morgan fingerprint density at radius 3 is 2.67 bits per heavy atom. The summed E-state index contributed by atoms with van der Waals surface area (Å²) in [5, 5.41) is 11.4. The molecule has 2 N–H and O–H groups in total. The molecule has 1 atom stereocenters. The second-order valence-electron chi connectivity index (χ2n) is 7.27. The highest BCUT2D eigenvalue weighted by Gasteiger charge is 2.24. The first-order valence-electron chi connectivity index (χ1n) is 9.82. The molecule has 1 aromatic rings. The van der Waals surface area contributed by atoms with Crippen LogP contribution < -0.4 is 10.6 Å². The van der Waals surface area contributed by atoms with Gasteiger partial charge in [-0.05, 0) is 45.6 Å². The van der Waals surface area contributed by atoms with Gasteiger partial charge in [0.05, 0.1) is 12.3 Å². The van der Waals surface area contributed by atoms with Gasteiger partial charge in [0.25, 0.3) is 0 Å². The fraction of sp³-hybridized carbons (Fsp3) is 0.737. The first kappa shape index (κ1) is 21.1. The molecule has 8 heteroatoms. The van der Waals surface area contributed by atoms with Crippen molar-refractivity contribution in [1.29, 1.82) is 0 Å². The predicted molar refractivity (Wildman–Crippen MR) is 107 cm³/mol. The molecule has 1 fully saturated rings. The number of aliphatic imine (C=N–C) groups is 1. The maximum atomic E-state index is 11.8. The first-order valence-corrected chi connectivity index (χ1v) is 9.82. The smallest absolute Gasteiger partial charge is 0.409 e. The number of likely N-dealkylation sites (tertiary alicyclic amines) is 1. The molecule has 0 saturated carbocycles. The average molecular weight is 379 g/mol. The van der Waals surface area contributed by atoms with Crippen LogP contribution >= 0.6 is 0 Å². The minimum Gasteiger partial charge on any atom is -0.450 e. The minimum absolute atomic E-state index is 0.212. The van der Waals surface area contributed by atoms with E-state index >= 15 is 0 Å². The van der Waals surface area contributed by atoms with Gasteiger partial charge in [-0.15, -0.1) is 0 Å². The first-order chi connectivity index (χ1) is 12.9. The van der Waals surface area contributed by atoms with Crippen LogP contribution in [0.15, 0.2) is 11.1 Å². The summed E-state index contributed by atoms with van der Waals surface area (Å²) >= 11 is 0. The third kappa shape index (κ3) is 6.45. The molecule has 2 rings (SSSR count). The van der Waals surface area contributed by atoms with Crippen molar-refractivity contribution in [3.8, 4) is 0 Å². The largest absolute Gasteiger partial charge is 0.450 e. The number of aryl methyl sites for hydroxylation is 2. The molecule has 0 radical (unpaired) electrons. The van der Waals surface area contributed by atoms with Crippen LogP contribution in [0.1, 0.15) is 38.1 Å². The Bertz CT molecular complexity index is 634. The lowest BCUT2D eigenvalue weighted by Gasteiger charge is -2.32. The zero-order chi connectivity index (χ0) is 19.8. The van der Waals surface area contributed by atoms with E-state index in [1.165, 1.54) is 5.69 Å². The van der Waals surface area contributed by atoms with Gasteiger partial charge in [-0.2, -0.15) is 5.10 Å². The SMILES string of the molecule is CCOC(=O)N1CCC(NC(=NC)NCC(C)Cn2nc(C)cc2C)CC1. The zero-order valence-electron chi connectivity index (χ0n) is 17.3. The van der Waals surface area contributed by atoms with E-state index in [-0.39, 0.29) is 6.09 Å². The molecule has 1 aromatic heterocycles. The highest BCUT2D eigenvalue weighted by Crippen LogP contribution is 2.11. The molecule has 1 aliphatic rings. The summed E-state index contributed by atoms with van der Waals surface area (Å²) in [6.07, 6.45) is 1.57. The lowest BCUT2D eigenvalue weighted by Crippen LogP contribution is -2.50. The van der Waals surface area contributed by atoms with Crippen molar-refractivity contribution in [1.82, 2.24) is 25.3 Å². The lowest BCUT2D eigenvalue weighted by atomic mass is 10.1. The quantitative estimate of drug-likeness (QED) is 0.584. The van der Waals surface area contributed by atoms with Crippen molar-refractivity contribution >= 4 is 12.1 Å². The second-order valence-corrected chi connectivity index (χ2v) is 7.27. The van der Waals surface area contributed by atoms with Gasteiger partial charge in [0, 0.05) is 45.0 Å². The molecule has 2 heterocycles. The summed E-state index contributed by atoms with van der Waals surface area (Å²) in [6.45, 7) is 11.7. The highest BCUT2D eigenvalue weighted by molar-refractivity contribution is 5.80. The maximum Gasteiger partial charge on any atom is 0.409 e. The Morgan fingerprint density at radius 1 is 1.41 bits per heavy atom. The van der Waals surface area contributed by atoms with Crippen LogP contribution in [0, 0.1) is 19.8 Å². The van der Waals surface area contributed by atoms with Gasteiger partial charge in [0.1, 0.15) is 0 Å². The number of nitrogens with zero attached hydrogens (tertiary/aromatic N) is 4. The van der Waals surface area contributed by atoms with Crippen LogP contribution in [-0.4, -0.2) is 66.1 Å². The Balaban J connectivity index is 1.73. The molecule has 0 aromatic carbocycles. The topological polar surface area (TPSA) is 83.8 Å². The van der Waals surface area contributed by atoms with Crippen molar-refractivity contribution < 1.29 is 9.53 Å². The van der Waals surface area contributed by atoms with Gasteiger partial charge >= 0.3 is 6.09 Å². The average Bonchev–Trinajstić information content (AvgIpc) is 2.96. The molecule has 8 nitrogen and oxygen atoms in total. The number of nitrogens with one attached hydrogen (secondary N) is 2. The number of carbonyl (C=O) groups is 1. The molecule has 152 valence electrons. The number of amides is 1. The second kappa shape index (κ2) is 10.2. The predicted octanol–water partition coefficient (Wildman–Crippen LogP) is 1.92. The fourth-order valence-corrected chi connectivity index (χ4v) is 3.30. The van der Waals surface area contributed by atoms with Crippen LogP contribution in [0.4, 0.5) is 4.79 Å². The van der Waals surface area contributed by atoms with Crippen molar-refractivity contribution in [2.24, 2.45) is 10.9 Å². The van der Waals surface area contributed by atoms with Crippen molar-refractivity contribution in [3.05, 3.63) is 17.5 Å². The molecule has 1 aliphatic heterocycles. The zero-order valence-corrected chi connectivity index (χ0v) is 17.3. The molecule has 0 spiro atoms. The van der Waals surface area contributed by atoms with E-state index in [1.807, 2.05) is 13.8 Å². The summed E-state index contributed by atoms with van der Waals surface area (Å²) in [6, 6.07) is 2.41. The standard InChI is InChI=1S/C19H34N6O2/c1-6-27-19(26)24-9-7-17(8-10-24)22-18(20-5)21-12-14(2)13-25-16(4)11-15(3)23-25/h11,14,17H,6-10,12-13H2,1-5H3,(H2,20,21,22). The molecule has 1 amide bonds. The minimum atomic E-state index is -0.212. The normalized spacial score (nSPS) is 16.9. The molecular formula is C19H34N6O2. The number of ether oxygens (including phenoxy) is 1. The monoisotopic (exact) mass is 378 g/mol. The number of guanidine groups is 1. The molecule has 0 bridgehead atoms. The van der Waals surface area contributed by atoms with Crippen LogP contribution in [0.2, 0.25) is 0 Å². The van der Waals surface area contributed by atoms with Crippen molar-refractivity contribution in [3.63, 3.8) is 0 Å². The molecule has 1 unspecified atom stereocenters. The summed E-state index contributed by atoms with van der Waals surface area (Å²) in [4.78, 5) is 17.9. The molecular weight excluding hydrogens is 344 g/mol. The summed E-state index contributed by atoms with van der Waals surface area (Å²) in [7, 11) is 1.79. The van der Waals surface area contributed by atoms with E-state index in [1.54, 1.807) is 11.9 Å². The van der Waals surface area contributed by atoms with Gasteiger partial charge in [0.15, 0.2) is 5.96 Å². The van der Waals surface area contributed by atoms with Gasteiger partial charge in [0.2, 0.25) is 0 Å². The number of carbonyl (C=O) groups excluding carboxylic acids is 1. The Kier molecular flexibility index (Phi) is 7.94. The van der Waals surface area contributed by atoms with E-state index in [0.29, 0.717) is 31.7 Å². The van der Waals surface area contributed by atoms with Gasteiger partial charge < -0.3 is 20.3 Å². The Morgan fingerprint density at radius 2 is 2.11 bits per heavy atom. The maximum absolute atomic E-state index is 11.8. The van der Waals surface area contributed by atoms with E-state index < -0.39 is 0 Å². The van der Waals surface area contributed by atoms with Crippen LogP contribution in [-0.2, 0) is 11.3 Å². The van der Waals surface area contributed by atoms with E-state index in [2.05, 4.69) is 45.3 Å². The van der Waals surface area contributed by atoms with E-state index in [9.17, 15) is 4.79 Å². The summed E-state index contributed by atoms with van der Waals surface area (Å²) < 4.78 is 7.12. The number of piperidine rings is 1. The van der Waals surface area contributed by atoms with E-state index in [4.69, 9.17) is 4.74 Å². The van der Waals surface area contributed by atoms with Gasteiger partial charge in [-0.1, -0.05) is 6.92 Å². The van der Waals surface area contributed by atoms with Crippen molar-refractivity contribution in [2.75, 3.05) is 33.3 Å². The Hall–Kier alpha value is -2.25. The fourth-order valence-electron chi connectivity index (χ4n) is 3.30. The Labute approximate surface area is 162 Å². The van der Waals surface area contributed by atoms with Crippen LogP contribution in [0.5, 0.6) is 0 Å². The van der Waals surface area contributed by atoms with E-state index in [0.717, 1.165) is 37.6 Å². The van der Waals surface area contributed by atoms with Crippen LogP contribution in [0.25, 0.3) is 0 Å². The van der Waals surface area contributed by atoms with Crippen LogP contribution in [0.3, 0.4) is 0 Å². The number of hydrogen-bond acceptors (Lipinski definition) is 4. The van der Waals surface area contributed by atoms with Crippen molar-refractivity contribution in [2.45, 2.75) is 53.1 Å². The molecule has 0 aliphatic carbocycles. The lowest BCUT2D eigenvalue weighted by molar-refractivity contribution is 0.0963. The molecule has 1 saturated heterocycles. The summed E-state index contributed by atoms with van der Waals surface area (Å²) in [5.74, 6) is 1.23. The highest BCUT2D eigenvalue weighted by atomic mass is 16.6. The van der Waals surface area contributed by atoms with Gasteiger partial charge in [-0.3, -0.25) is 9.67 Å². The number of rotatable bonds is 6. The third-order valence-corrected chi connectivity index (χ3v) is 4.79. The molecule has 27 heavy (non-hydrogen) atoms. The number of aromatic nitrogens is 2. The van der Waals surface area contributed by atoms with Gasteiger partial charge in [-0.25, -0.2) is 4.79 Å². The summed E-state index contributed by atoms with van der Waals surface area (Å²) in [5.41, 5.74) is 2.24.